The standard InChI is InChI=1S/C16H15ClO4S/c1-11(12-7-3-5-9-14(12)17)21-16(18)13-8-4-6-10-15(13)22(2,19)20/h3-11H,1-2H3. The first-order valence-corrected chi connectivity index (χ1v) is 8.82. The number of sulfone groups is 1. The first-order valence-electron chi connectivity index (χ1n) is 6.55. The summed E-state index contributed by atoms with van der Waals surface area (Å²) in [5.74, 6) is -0.701. The van der Waals surface area contributed by atoms with Crippen LogP contribution in [0.2, 0.25) is 5.02 Å². The molecule has 0 fully saturated rings. The monoisotopic (exact) mass is 338 g/mol. The summed E-state index contributed by atoms with van der Waals surface area (Å²) in [5, 5.41) is 0.485. The van der Waals surface area contributed by atoms with Crippen molar-refractivity contribution in [3.8, 4) is 0 Å². The van der Waals surface area contributed by atoms with Crippen molar-refractivity contribution in [1.29, 1.82) is 0 Å². The van der Waals surface area contributed by atoms with Crippen LogP contribution >= 0.6 is 11.6 Å². The number of hydrogen-bond acceptors (Lipinski definition) is 4. The van der Waals surface area contributed by atoms with Gasteiger partial charge in [0.2, 0.25) is 0 Å². The zero-order chi connectivity index (χ0) is 16.3. The van der Waals surface area contributed by atoms with Crippen LogP contribution in [0.5, 0.6) is 0 Å². The average molecular weight is 339 g/mol. The molecule has 1 atom stereocenters. The lowest BCUT2D eigenvalue weighted by Gasteiger charge is -2.16. The zero-order valence-corrected chi connectivity index (χ0v) is 13.7. The van der Waals surface area contributed by atoms with Crippen LogP contribution in [0, 0.1) is 0 Å². The Hall–Kier alpha value is -1.85. The fraction of sp³-hybridized carbons (Fsp3) is 0.188. The van der Waals surface area contributed by atoms with Crippen LogP contribution in [-0.2, 0) is 14.6 Å². The summed E-state index contributed by atoms with van der Waals surface area (Å²) in [6.07, 6.45) is 0.463. The number of ether oxygens (including phenoxy) is 1. The van der Waals surface area contributed by atoms with Gasteiger partial charge >= 0.3 is 5.97 Å². The van der Waals surface area contributed by atoms with Gasteiger partial charge in [-0.3, -0.25) is 0 Å². The van der Waals surface area contributed by atoms with Gasteiger partial charge in [-0.15, -0.1) is 0 Å². The van der Waals surface area contributed by atoms with E-state index in [9.17, 15) is 13.2 Å². The van der Waals surface area contributed by atoms with Crippen molar-refractivity contribution >= 4 is 27.4 Å². The summed E-state index contributed by atoms with van der Waals surface area (Å²) in [6.45, 7) is 1.68. The molecule has 0 saturated heterocycles. The Bertz CT molecular complexity index is 799. The molecular weight excluding hydrogens is 324 g/mol. The maximum Gasteiger partial charge on any atom is 0.340 e. The van der Waals surface area contributed by atoms with Crippen LogP contribution in [0.4, 0.5) is 0 Å². The normalized spacial score (nSPS) is 12.7. The summed E-state index contributed by atoms with van der Waals surface area (Å²) in [4.78, 5) is 12.2. The minimum absolute atomic E-state index is 0.0175. The molecule has 2 aromatic rings. The van der Waals surface area contributed by atoms with Crippen molar-refractivity contribution in [1.82, 2.24) is 0 Å². The van der Waals surface area contributed by atoms with E-state index in [1.165, 1.54) is 12.1 Å². The molecule has 0 saturated carbocycles. The lowest BCUT2D eigenvalue weighted by molar-refractivity contribution is 0.0333. The highest BCUT2D eigenvalue weighted by atomic mass is 35.5. The molecule has 0 amide bonds. The van der Waals surface area contributed by atoms with Gasteiger partial charge in [-0.1, -0.05) is 41.9 Å². The minimum atomic E-state index is -3.51. The minimum Gasteiger partial charge on any atom is -0.454 e. The molecule has 0 aliphatic rings. The van der Waals surface area contributed by atoms with E-state index in [0.29, 0.717) is 10.6 Å². The molecule has 2 rings (SSSR count). The molecule has 6 heteroatoms. The number of esters is 1. The van der Waals surface area contributed by atoms with Crippen molar-refractivity contribution < 1.29 is 17.9 Å². The SMILES string of the molecule is CC(OC(=O)c1ccccc1S(C)(=O)=O)c1ccccc1Cl. The highest BCUT2D eigenvalue weighted by molar-refractivity contribution is 7.90. The van der Waals surface area contributed by atoms with Crippen LogP contribution in [0.1, 0.15) is 28.9 Å². The smallest absolute Gasteiger partial charge is 0.340 e. The van der Waals surface area contributed by atoms with E-state index in [4.69, 9.17) is 16.3 Å². The largest absolute Gasteiger partial charge is 0.454 e. The summed E-state index contributed by atoms with van der Waals surface area (Å²) in [7, 11) is -3.51. The third kappa shape index (κ3) is 3.67. The first kappa shape index (κ1) is 16.5. The molecule has 2 aromatic carbocycles. The van der Waals surface area contributed by atoms with Crippen LogP contribution in [-0.4, -0.2) is 20.6 Å². The van der Waals surface area contributed by atoms with Crippen molar-refractivity contribution in [2.75, 3.05) is 6.26 Å². The third-order valence-corrected chi connectivity index (χ3v) is 4.63. The molecule has 0 bridgehead atoms. The van der Waals surface area contributed by atoms with E-state index >= 15 is 0 Å². The van der Waals surface area contributed by atoms with E-state index in [2.05, 4.69) is 0 Å². The summed E-state index contributed by atoms with van der Waals surface area (Å²) >= 11 is 6.07. The predicted octanol–water partition coefficient (Wildman–Crippen LogP) is 3.66. The van der Waals surface area contributed by atoms with Gasteiger partial charge in [-0.25, -0.2) is 13.2 Å². The van der Waals surface area contributed by atoms with Crippen LogP contribution in [0.15, 0.2) is 53.4 Å². The fourth-order valence-electron chi connectivity index (χ4n) is 2.05. The quantitative estimate of drug-likeness (QED) is 0.798. The van der Waals surface area contributed by atoms with E-state index in [1.807, 2.05) is 0 Å². The number of carbonyl (C=O) groups is 1. The maximum absolute atomic E-state index is 12.3. The molecule has 116 valence electrons. The van der Waals surface area contributed by atoms with Crippen LogP contribution in [0.25, 0.3) is 0 Å². The van der Waals surface area contributed by atoms with Crippen molar-refractivity contribution in [3.63, 3.8) is 0 Å². The van der Waals surface area contributed by atoms with Crippen LogP contribution in [0.3, 0.4) is 0 Å². The van der Waals surface area contributed by atoms with E-state index in [-0.39, 0.29) is 10.5 Å². The van der Waals surface area contributed by atoms with Gasteiger partial charge in [0, 0.05) is 16.8 Å². The molecule has 4 nitrogen and oxygen atoms in total. The van der Waals surface area contributed by atoms with Crippen molar-refractivity contribution in [2.45, 2.75) is 17.9 Å². The summed E-state index contributed by atoms with van der Waals surface area (Å²) < 4.78 is 28.8. The second kappa shape index (κ2) is 6.50. The molecule has 0 aliphatic carbocycles. The number of halogens is 1. The zero-order valence-electron chi connectivity index (χ0n) is 12.1. The highest BCUT2D eigenvalue weighted by Crippen LogP contribution is 2.27. The molecular formula is C16H15ClO4S. The van der Waals surface area contributed by atoms with Crippen molar-refractivity contribution in [2.24, 2.45) is 0 Å². The third-order valence-electron chi connectivity index (χ3n) is 3.13. The second-order valence-electron chi connectivity index (χ2n) is 4.84. The van der Waals surface area contributed by atoms with Gasteiger partial charge in [-0.2, -0.15) is 0 Å². The topological polar surface area (TPSA) is 60.4 Å². The highest BCUT2D eigenvalue weighted by Gasteiger charge is 2.22. The molecule has 0 heterocycles. The second-order valence-corrected chi connectivity index (χ2v) is 7.23. The summed E-state index contributed by atoms with van der Waals surface area (Å²) in [5.41, 5.74) is 0.679. The molecule has 0 aliphatic heterocycles. The molecule has 0 spiro atoms. The Kier molecular flexibility index (Phi) is 4.88. The van der Waals surface area contributed by atoms with Gasteiger partial charge in [0.1, 0.15) is 6.10 Å². The van der Waals surface area contributed by atoms with E-state index in [1.54, 1.807) is 43.3 Å². The van der Waals surface area contributed by atoms with E-state index in [0.717, 1.165) is 6.26 Å². The van der Waals surface area contributed by atoms with Gasteiger partial charge in [0.05, 0.1) is 10.5 Å². The Labute approximate surface area is 134 Å². The summed E-state index contributed by atoms with van der Waals surface area (Å²) in [6, 6.07) is 13.0. The van der Waals surface area contributed by atoms with Gasteiger partial charge in [0.25, 0.3) is 0 Å². The predicted molar refractivity (Wildman–Crippen MR) is 84.8 cm³/mol. The number of rotatable bonds is 4. The Morgan fingerprint density at radius 2 is 1.68 bits per heavy atom. The van der Waals surface area contributed by atoms with Gasteiger partial charge in [-0.05, 0) is 25.1 Å². The van der Waals surface area contributed by atoms with E-state index < -0.39 is 21.9 Å². The molecule has 0 aromatic heterocycles. The molecule has 1 unspecified atom stereocenters. The van der Waals surface area contributed by atoms with Crippen molar-refractivity contribution in [3.05, 3.63) is 64.7 Å². The Morgan fingerprint density at radius 1 is 1.09 bits per heavy atom. The molecule has 0 radical (unpaired) electrons. The average Bonchev–Trinajstić information content (AvgIpc) is 2.46. The Balaban J connectivity index is 2.29. The molecule has 22 heavy (non-hydrogen) atoms. The first-order chi connectivity index (χ1) is 10.3. The number of benzene rings is 2. The van der Waals surface area contributed by atoms with Crippen LogP contribution < -0.4 is 0 Å². The van der Waals surface area contributed by atoms with Gasteiger partial charge in [0.15, 0.2) is 9.84 Å². The Morgan fingerprint density at radius 3 is 2.32 bits per heavy atom. The lowest BCUT2D eigenvalue weighted by Crippen LogP contribution is -2.13. The lowest BCUT2D eigenvalue weighted by atomic mass is 10.1. The maximum atomic E-state index is 12.3. The number of carbonyl (C=O) groups excluding carboxylic acids is 1. The molecule has 0 N–H and O–H groups in total. The number of hydrogen-bond donors (Lipinski definition) is 0. The fourth-order valence-corrected chi connectivity index (χ4v) is 3.22. The van der Waals surface area contributed by atoms with Gasteiger partial charge < -0.3 is 4.74 Å².